The summed E-state index contributed by atoms with van der Waals surface area (Å²) in [6, 6.07) is 1.17. The predicted octanol–water partition coefficient (Wildman–Crippen LogP) is 2.85. The highest BCUT2D eigenvalue weighted by Gasteiger charge is 2.18. The van der Waals surface area contributed by atoms with Gasteiger partial charge in [-0.1, -0.05) is 0 Å². The first-order chi connectivity index (χ1) is 10.2. The normalized spacial score (nSPS) is 13.6. The van der Waals surface area contributed by atoms with Crippen molar-refractivity contribution < 1.29 is 9.18 Å². The number of hydrogen-bond donors (Lipinski definition) is 2. The van der Waals surface area contributed by atoms with Crippen molar-refractivity contribution >= 4 is 28.2 Å². The van der Waals surface area contributed by atoms with Crippen molar-refractivity contribution in [1.82, 2.24) is 9.97 Å². The van der Waals surface area contributed by atoms with Crippen LogP contribution in [0.2, 0.25) is 0 Å². The lowest BCUT2D eigenvalue weighted by molar-refractivity contribution is 0.102. The molecule has 110 valence electrons. The Bertz CT molecular complexity index is 662. The fraction of sp³-hybridized carbons (Fsp3) is 0.357. The van der Waals surface area contributed by atoms with E-state index in [9.17, 15) is 9.18 Å². The first-order valence-electron chi connectivity index (χ1n) is 6.80. The average Bonchev–Trinajstić information content (AvgIpc) is 2.89. The van der Waals surface area contributed by atoms with E-state index in [2.05, 4.69) is 20.6 Å². The number of hydrogen-bond acceptors (Lipinski definition) is 5. The molecule has 0 spiro atoms. The number of pyridine rings is 1. The molecule has 1 aliphatic rings. The minimum atomic E-state index is -0.544. The van der Waals surface area contributed by atoms with E-state index in [0.717, 1.165) is 31.2 Å². The number of fused-ring (bicyclic) bond motifs is 1. The van der Waals surface area contributed by atoms with Crippen LogP contribution in [-0.4, -0.2) is 22.9 Å². The van der Waals surface area contributed by atoms with Crippen LogP contribution in [0, 0.1) is 5.82 Å². The standard InChI is InChI=1S/C14H15FN4OS/c1-16-12-9(6-8(15)7-17-12)13(20)19-14-18-10-4-2-3-5-11(10)21-14/h6-7H,2-5H2,1H3,(H,16,17)(H,18,19,20). The summed E-state index contributed by atoms with van der Waals surface area (Å²) in [5, 5.41) is 6.09. The van der Waals surface area contributed by atoms with Crippen molar-refractivity contribution in [2.45, 2.75) is 25.7 Å². The minimum absolute atomic E-state index is 0.172. The van der Waals surface area contributed by atoms with Gasteiger partial charge in [0.1, 0.15) is 11.6 Å². The first-order valence-corrected chi connectivity index (χ1v) is 7.62. The lowest BCUT2D eigenvalue weighted by atomic mass is 10.0. The van der Waals surface area contributed by atoms with Gasteiger partial charge in [0, 0.05) is 11.9 Å². The van der Waals surface area contributed by atoms with E-state index in [0.29, 0.717) is 10.9 Å². The topological polar surface area (TPSA) is 66.9 Å². The summed E-state index contributed by atoms with van der Waals surface area (Å²) in [5.74, 6) is -0.606. The smallest absolute Gasteiger partial charge is 0.261 e. The molecule has 7 heteroatoms. The van der Waals surface area contributed by atoms with Crippen molar-refractivity contribution in [2.24, 2.45) is 0 Å². The number of thiazole rings is 1. The molecule has 1 amide bonds. The van der Waals surface area contributed by atoms with Crippen molar-refractivity contribution in [1.29, 1.82) is 0 Å². The third-order valence-corrected chi connectivity index (χ3v) is 4.47. The van der Waals surface area contributed by atoms with Gasteiger partial charge >= 0.3 is 0 Å². The Balaban J connectivity index is 1.83. The van der Waals surface area contributed by atoms with Gasteiger partial charge in [-0.15, -0.1) is 11.3 Å². The Kier molecular flexibility index (Phi) is 3.83. The molecule has 0 radical (unpaired) electrons. The number of carbonyl (C=O) groups excluding carboxylic acids is 1. The monoisotopic (exact) mass is 306 g/mol. The second kappa shape index (κ2) is 5.77. The second-order valence-electron chi connectivity index (χ2n) is 4.85. The van der Waals surface area contributed by atoms with Gasteiger partial charge in [0.05, 0.1) is 17.5 Å². The molecule has 0 aliphatic heterocycles. The molecule has 1 aliphatic carbocycles. The zero-order chi connectivity index (χ0) is 14.8. The maximum atomic E-state index is 13.3. The van der Waals surface area contributed by atoms with Crippen LogP contribution < -0.4 is 10.6 Å². The summed E-state index contributed by atoms with van der Waals surface area (Å²) in [5.41, 5.74) is 1.25. The molecule has 5 nitrogen and oxygen atoms in total. The average molecular weight is 306 g/mol. The van der Waals surface area contributed by atoms with Crippen LogP contribution in [0.3, 0.4) is 0 Å². The van der Waals surface area contributed by atoms with Crippen LogP contribution in [0.5, 0.6) is 0 Å². The van der Waals surface area contributed by atoms with Crippen molar-refractivity contribution in [2.75, 3.05) is 17.7 Å². The van der Waals surface area contributed by atoms with E-state index in [1.54, 1.807) is 7.05 Å². The van der Waals surface area contributed by atoms with E-state index in [1.165, 1.54) is 28.7 Å². The van der Waals surface area contributed by atoms with Crippen molar-refractivity contribution in [3.63, 3.8) is 0 Å². The first kappa shape index (κ1) is 13.9. The molecule has 3 rings (SSSR count). The molecule has 2 aromatic heterocycles. The number of anilines is 2. The molecule has 0 bridgehead atoms. The second-order valence-corrected chi connectivity index (χ2v) is 5.93. The van der Waals surface area contributed by atoms with Crippen LogP contribution in [0.1, 0.15) is 33.8 Å². The largest absolute Gasteiger partial charge is 0.372 e. The molecule has 0 aromatic carbocycles. The number of halogens is 1. The molecular weight excluding hydrogens is 291 g/mol. The molecule has 0 unspecified atom stereocenters. The number of nitrogens with zero attached hydrogens (tertiary/aromatic N) is 2. The maximum absolute atomic E-state index is 13.3. The lowest BCUT2D eigenvalue weighted by Crippen LogP contribution is -2.15. The van der Waals surface area contributed by atoms with Gasteiger partial charge in [-0.25, -0.2) is 14.4 Å². The molecular formula is C14H15FN4OS. The lowest BCUT2D eigenvalue weighted by Gasteiger charge is -2.07. The Hall–Kier alpha value is -2.02. The van der Waals surface area contributed by atoms with Gasteiger partial charge in [-0.2, -0.15) is 0 Å². The van der Waals surface area contributed by atoms with Crippen LogP contribution >= 0.6 is 11.3 Å². The van der Waals surface area contributed by atoms with E-state index >= 15 is 0 Å². The summed E-state index contributed by atoms with van der Waals surface area (Å²) in [7, 11) is 1.64. The highest BCUT2D eigenvalue weighted by Crippen LogP contribution is 2.30. The summed E-state index contributed by atoms with van der Waals surface area (Å²) in [6.45, 7) is 0. The number of nitrogens with one attached hydrogen (secondary N) is 2. The zero-order valence-corrected chi connectivity index (χ0v) is 12.4. The zero-order valence-electron chi connectivity index (χ0n) is 11.6. The summed E-state index contributed by atoms with van der Waals surface area (Å²) < 4.78 is 13.3. The minimum Gasteiger partial charge on any atom is -0.372 e. The van der Waals surface area contributed by atoms with Gasteiger partial charge in [0.2, 0.25) is 0 Å². The Morgan fingerprint density at radius 2 is 2.19 bits per heavy atom. The number of aryl methyl sites for hydroxylation is 2. The molecule has 0 atom stereocenters. The van der Waals surface area contributed by atoms with Crippen LogP contribution in [0.15, 0.2) is 12.3 Å². The Labute approximate surface area is 125 Å². The Morgan fingerprint density at radius 1 is 1.38 bits per heavy atom. The summed E-state index contributed by atoms with van der Waals surface area (Å²) in [6.07, 6.45) is 5.37. The highest BCUT2D eigenvalue weighted by molar-refractivity contribution is 7.15. The van der Waals surface area contributed by atoms with Gasteiger partial charge in [0.25, 0.3) is 5.91 Å². The van der Waals surface area contributed by atoms with E-state index in [4.69, 9.17) is 0 Å². The van der Waals surface area contributed by atoms with E-state index < -0.39 is 11.7 Å². The van der Waals surface area contributed by atoms with Crippen molar-refractivity contribution in [3.8, 4) is 0 Å². The number of rotatable bonds is 3. The molecule has 2 aromatic rings. The van der Waals surface area contributed by atoms with Gasteiger partial charge < -0.3 is 5.32 Å². The van der Waals surface area contributed by atoms with Gasteiger partial charge in [-0.05, 0) is 31.7 Å². The molecule has 2 N–H and O–H groups in total. The molecule has 2 heterocycles. The fourth-order valence-electron chi connectivity index (χ4n) is 2.38. The SMILES string of the molecule is CNc1ncc(F)cc1C(=O)Nc1nc2c(s1)CCCC2. The maximum Gasteiger partial charge on any atom is 0.261 e. The van der Waals surface area contributed by atoms with Gasteiger partial charge in [-0.3, -0.25) is 10.1 Å². The number of amides is 1. The molecule has 21 heavy (non-hydrogen) atoms. The molecule has 0 saturated heterocycles. The predicted molar refractivity (Wildman–Crippen MR) is 80.5 cm³/mol. The van der Waals surface area contributed by atoms with Crippen LogP contribution in [-0.2, 0) is 12.8 Å². The van der Waals surface area contributed by atoms with Crippen LogP contribution in [0.4, 0.5) is 15.3 Å². The quantitative estimate of drug-likeness (QED) is 0.915. The van der Waals surface area contributed by atoms with E-state index in [-0.39, 0.29) is 5.56 Å². The third-order valence-electron chi connectivity index (χ3n) is 3.40. The summed E-state index contributed by atoms with van der Waals surface area (Å²) in [4.78, 5) is 21.8. The highest BCUT2D eigenvalue weighted by atomic mass is 32.1. The van der Waals surface area contributed by atoms with Crippen LogP contribution in [0.25, 0.3) is 0 Å². The molecule has 0 saturated carbocycles. The number of aromatic nitrogens is 2. The molecule has 0 fully saturated rings. The van der Waals surface area contributed by atoms with Crippen molar-refractivity contribution in [3.05, 3.63) is 34.2 Å². The third kappa shape index (κ3) is 2.87. The van der Waals surface area contributed by atoms with E-state index in [1.807, 2.05) is 0 Å². The Morgan fingerprint density at radius 3 is 2.95 bits per heavy atom. The summed E-state index contributed by atoms with van der Waals surface area (Å²) >= 11 is 1.50. The number of carbonyl (C=O) groups is 1. The van der Waals surface area contributed by atoms with Gasteiger partial charge in [0.15, 0.2) is 5.13 Å². The fourth-order valence-corrected chi connectivity index (χ4v) is 3.43.